The number of sulfone groups is 1. The molecular formula is C12H14Br2O3S2. The Morgan fingerprint density at radius 2 is 1.89 bits per heavy atom. The quantitative estimate of drug-likeness (QED) is 0.673. The second-order valence-electron chi connectivity index (χ2n) is 4.73. The molecule has 0 N–H and O–H groups in total. The van der Waals surface area contributed by atoms with Crippen molar-refractivity contribution in [3.63, 3.8) is 0 Å². The number of rotatable bonds is 4. The van der Waals surface area contributed by atoms with Gasteiger partial charge >= 0.3 is 0 Å². The summed E-state index contributed by atoms with van der Waals surface area (Å²) in [6, 6.07) is 1.67. The number of carbonyl (C=O) groups excluding carboxylic acids is 1. The first-order valence-electron chi connectivity index (χ1n) is 6.10. The molecule has 1 saturated carbocycles. The van der Waals surface area contributed by atoms with E-state index in [0.717, 1.165) is 23.0 Å². The predicted molar refractivity (Wildman–Crippen MR) is 84.7 cm³/mol. The van der Waals surface area contributed by atoms with E-state index in [9.17, 15) is 13.2 Å². The Labute approximate surface area is 134 Å². The highest BCUT2D eigenvalue weighted by atomic mass is 79.9. The van der Waals surface area contributed by atoms with Crippen LogP contribution in [0.15, 0.2) is 13.6 Å². The average Bonchev–Trinajstić information content (AvgIpc) is 2.69. The van der Waals surface area contributed by atoms with E-state index < -0.39 is 9.84 Å². The Morgan fingerprint density at radius 3 is 2.42 bits per heavy atom. The van der Waals surface area contributed by atoms with E-state index >= 15 is 0 Å². The maximum Gasteiger partial charge on any atom is 0.179 e. The van der Waals surface area contributed by atoms with E-state index in [1.807, 2.05) is 0 Å². The summed E-state index contributed by atoms with van der Waals surface area (Å²) in [6.07, 6.45) is 4.40. The number of carbonyl (C=O) groups is 1. The SMILES string of the molecule is O=C(CS(=O)(=O)C1CCCCC1)c1cc(Br)sc1Br. The molecule has 1 fully saturated rings. The summed E-state index contributed by atoms with van der Waals surface area (Å²) >= 11 is 7.97. The van der Waals surface area contributed by atoms with Crippen LogP contribution < -0.4 is 0 Å². The van der Waals surface area contributed by atoms with Gasteiger partial charge in [0.1, 0.15) is 5.75 Å². The van der Waals surface area contributed by atoms with E-state index in [1.165, 1.54) is 11.3 Å². The first-order valence-corrected chi connectivity index (χ1v) is 10.2. The monoisotopic (exact) mass is 428 g/mol. The summed E-state index contributed by atoms with van der Waals surface area (Å²) in [5.74, 6) is -0.696. The van der Waals surface area contributed by atoms with E-state index in [0.29, 0.717) is 22.2 Å². The molecule has 0 spiro atoms. The molecule has 2 rings (SSSR count). The maximum absolute atomic E-state index is 12.2. The van der Waals surface area contributed by atoms with Crippen LogP contribution in [-0.2, 0) is 9.84 Å². The smallest absolute Gasteiger partial charge is 0.179 e. The van der Waals surface area contributed by atoms with Crippen molar-refractivity contribution in [1.82, 2.24) is 0 Å². The molecule has 0 amide bonds. The first kappa shape index (κ1) is 15.7. The van der Waals surface area contributed by atoms with Crippen LogP contribution in [0.25, 0.3) is 0 Å². The van der Waals surface area contributed by atoms with Gasteiger partial charge < -0.3 is 0 Å². The summed E-state index contributed by atoms with van der Waals surface area (Å²) in [5.41, 5.74) is 0.455. The Bertz CT molecular complexity index is 572. The molecule has 0 aromatic carbocycles. The topological polar surface area (TPSA) is 51.2 Å². The fourth-order valence-electron chi connectivity index (χ4n) is 2.33. The molecule has 1 aliphatic rings. The molecule has 106 valence electrons. The number of hydrogen-bond donors (Lipinski definition) is 0. The zero-order valence-corrected chi connectivity index (χ0v) is 15.0. The zero-order chi connectivity index (χ0) is 14.0. The van der Waals surface area contributed by atoms with Crippen LogP contribution in [0, 0.1) is 0 Å². The Morgan fingerprint density at radius 1 is 1.26 bits per heavy atom. The largest absolute Gasteiger partial charge is 0.293 e. The lowest BCUT2D eigenvalue weighted by Gasteiger charge is -2.21. The molecule has 0 radical (unpaired) electrons. The minimum atomic E-state index is -3.32. The van der Waals surface area contributed by atoms with Crippen molar-refractivity contribution < 1.29 is 13.2 Å². The minimum Gasteiger partial charge on any atom is -0.293 e. The van der Waals surface area contributed by atoms with Gasteiger partial charge in [-0.1, -0.05) is 19.3 Å². The van der Waals surface area contributed by atoms with Crippen LogP contribution >= 0.6 is 43.2 Å². The fourth-order valence-corrected chi connectivity index (χ4v) is 7.00. The summed E-state index contributed by atoms with van der Waals surface area (Å²) in [7, 11) is -3.32. The van der Waals surface area contributed by atoms with Crippen LogP contribution in [0.4, 0.5) is 0 Å². The molecule has 0 unspecified atom stereocenters. The van der Waals surface area contributed by atoms with E-state index in [4.69, 9.17) is 0 Å². The lowest BCUT2D eigenvalue weighted by Crippen LogP contribution is -2.29. The van der Waals surface area contributed by atoms with Gasteiger partial charge in [-0.25, -0.2) is 8.42 Å². The van der Waals surface area contributed by atoms with Gasteiger partial charge in [-0.05, 0) is 50.8 Å². The summed E-state index contributed by atoms with van der Waals surface area (Å²) < 4.78 is 26.0. The van der Waals surface area contributed by atoms with Crippen LogP contribution in [0.2, 0.25) is 0 Å². The van der Waals surface area contributed by atoms with E-state index in [1.54, 1.807) is 6.07 Å². The second-order valence-corrected chi connectivity index (χ2v) is 10.8. The Balaban J connectivity index is 2.11. The Hall–Kier alpha value is 0.280. The van der Waals surface area contributed by atoms with Crippen molar-refractivity contribution in [2.75, 3.05) is 5.75 Å². The van der Waals surface area contributed by atoms with Crippen molar-refractivity contribution in [1.29, 1.82) is 0 Å². The molecule has 1 heterocycles. The summed E-state index contributed by atoms with van der Waals surface area (Å²) in [4.78, 5) is 12.1. The predicted octanol–water partition coefficient (Wildman–Crippen LogP) is 4.20. The van der Waals surface area contributed by atoms with Gasteiger partial charge in [0.15, 0.2) is 15.6 Å². The number of thiophene rings is 1. The maximum atomic E-state index is 12.2. The lowest BCUT2D eigenvalue weighted by molar-refractivity contribution is 0.102. The zero-order valence-electron chi connectivity index (χ0n) is 10.2. The van der Waals surface area contributed by atoms with Crippen molar-refractivity contribution in [3.05, 3.63) is 19.2 Å². The van der Waals surface area contributed by atoms with Gasteiger partial charge in [-0.2, -0.15) is 0 Å². The van der Waals surface area contributed by atoms with Gasteiger partial charge in [-0.15, -0.1) is 11.3 Å². The fraction of sp³-hybridized carbons (Fsp3) is 0.583. The molecule has 19 heavy (non-hydrogen) atoms. The highest BCUT2D eigenvalue weighted by Gasteiger charge is 2.30. The van der Waals surface area contributed by atoms with Gasteiger partial charge in [0.25, 0.3) is 0 Å². The van der Waals surface area contributed by atoms with E-state index in [-0.39, 0.29) is 16.8 Å². The van der Waals surface area contributed by atoms with Crippen LogP contribution in [-0.4, -0.2) is 25.2 Å². The standard InChI is InChI=1S/C12H14Br2O3S2/c13-11-6-9(12(14)18-11)10(15)7-19(16,17)8-4-2-1-3-5-8/h6,8H,1-5,7H2. The van der Waals surface area contributed by atoms with Gasteiger partial charge in [0, 0.05) is 5.56 Å². The highest BCUT2D eigenvalue weighted by molar-refractivity contribution is 9.12. The number of hydrogen-bond acceptors (Lipinski definition) is 4. The average molecular weight is 430 g/mol. The molecule has 0 bridgehead atoms. The summed E-state index contributed by atoms with van der Waals surface area (Å²) in [5, 5.41) is -0.328. The van der Waals surface area contributed by atoms with Crippen LogP contribution in [0.3, 0.4) is 0 Å². The Kier molecular flexibility index (Phi) is 5.25. The molecule has 0 atom stereocenters. The molecule has 0 saturated heterocycles. The van der Waals surface area contributed by atoms with Crippen molar-refractivity contribution in [2.24, 2.45) is 0 Å². The number of halogens is 2. The molecular weight excluding hydrogens is 416 g/mol. The first-order chi connectivity index (χ1) is 8.90. The lowest BCUT2D eigenvalue weighted by atomic mass is 10.0. The van der Waals surface area contributed by atoms with Crippen molar-refractivity contribution in [2.45, 2.75) is 37.4 Å². The molecule has 7 heteroatoms. The molecule has 1 aromatic rings. The third-order valence-corrected chi connectivity index (χ3v) is 7.84. The molecule has 1 aromatic heterocycles. The van der Waals surface area contributed by atoms with Gasteiger partial charge in [-0.3, -0.25) is 4.79 Å². The van der Waals surface area contributed by atoms with E-state index in [2.05, 4.69) is 31.9 Å². The van der Waals surface area contributed by atoms with Gasteiger partial charge in [0.2, 0.25) is 0 Å². The van der Waals surface area contributed by atoms with Crippen LogP contribution in [0.1, 0.15) is 42.5 Å². The molecule has 3 nitrogen and oxygen atoms in total. The minimum absolute atomic E-state index is 0.320. The molecule has 1 aliphatic carbocycles. The highest BCUT2D eigenvalue weighted by Crippen LogP contribution is 2.33. The number of ketones is 1. The second kappa shape index (κ2) is 6.37. The third-order valence-electron chi connectivity index (χ3n) is 3.35. The summed E-state index contributed by atoms with van der Waals surface area (Å²) in [6.45, 7) is 0. The molecule has 0 aliphatic heterocycles. The third kappa shape index (κ3) is 3.89. The normalized spacial score (nSPS) is 17.6. The van der Waals surface area contributed by atoms with Crippen molar-refractivity contribution in [3.8, 4) is 0 Å². The number of Topliss-reactive ketones (excluding diaryl/α,β-unsaturated/α-hetero) is 1. The van der Waals surface area contributed by atoms with Crippen LogP contribution in [0.5, 0.6) is 0 Å². The van der Waals surface area contributed by atoms with Gasteiger partial charge in [0.05, 0.1) is 12.8 Å². The van der Waals surface area contributed by atoms with Crippen molar-refractivity contribution >= 4 is 58.8 Å².